The highest BCUT2D eigenvalue weighted by Crippen LogP contribution is 2.45. The lowest BCUT2D eigenvalue weighted by Gasteiger charge is -2.40. The van der Waals surface area contributed by atoms with E-state index < -0.39 is 20.0 Å². The summed E-state index contributed by atoms with van der Waals surface area (Å²) in [4.78, 5) is 32.8. The second-order valence-electron chi connectivity index (χ2n) is 18.4. The van der Waals surface area contributed by atoms with Crippen molar-refractivity contribution in [2.75, 3.05) is 51.6 Å². The first kappa shape index (κ1) is 42.9. The Morgan fingerprint density at radius 3 is 2.28 bits per heavy atom. The average molecular weight is 868 g/mol. The number of hydrogen-bond acceptors (Lipinski definition) is 9. The molecule has 0 unspecified atom stereocenters. The van der Waals surface area contributed by atoms with Crippen LogP contribution < -0.4 is 14.4 Å². The van der Waals surface area contributed by atoms with Gasteiger partial charge in [0.25, 0.3) is 0 Å². The molecular formula is C47H56ClFN6O5Si. The van der Waals surface area contributed by atoms with Gasteiger partial charge in [-0.2, -0.15) is 9.97 Å². The molecule has 1 N–H and O–H groups in total. The van der Waals surface area contributed by atoms with Crippen molar-refractivity contribution in [1.29, 1.82) is 0 Å². The van der Waals surface area contributed by atoms with Gasteiger partial charge in [0.1, 0.15) is 37.5 Å². The summed E-state index contributed by atoms with van der Waals surface area (Å²) in [6, 6.07) is 6.94. The van der Waals surface area contributed by atoms with Crippen molar-refractivity contribution in [2.45, 2.75) is 101 Å². The molecule has 4 saturated heterocycles. The SMILES string of the molecule is C=C1CN2CC(=C)CC2(COc2nc(N3C[C@H]4CC[C@@H](C3)N4C(=O)O)c3cnc(-c4cc(OCOC)cc5ccc(Cl)c(C#C[Si](C(C)C)(C(C)C)C(C)C)c45)c(F)c3n2)C1. The molecule has 4 fully saturated rings. The largest absolute Gasteiger partial charge is 0.468 e. The highest BCUT2D eigenvalue weighted by atomic mass is 35.5. The van der Waals surface area contributed by atoms with Crippen LogP contribution in [-0.2, 0) is 4.74 Å². The molecule has 0 saturated carbocycles. The van der Waals surface area contributed by atoms with E-state index in [1.165, 1.54) is 0 Å². The number of hydrogen-bond donors (Lipinski definition) is 1. The maximum Gasteiger partial charge on any atom is 0.407 e. The van der Waals surface area contributed by atoms with Gasteiger partial charge in [0.2, 0.25) is 0 Å². The van der Waals surface area contributed by atoms with Crippen LogP contribution in [0.15, 0.2) is 54.8 Å². The second-order valence-corrected chi connectivity index (χ2v) is 24.4. The van der Waals surface area contributed by atoms with E-state index >= 15 is 4.39 Å². The summed E-state index contributed by atoms with van der Waals surface area (Å²) >= 11 is 7.07. The Morgan fingerprint density at radius 2 is 1.67 bits per heavy atom. The molecule has 322 valence electrons. The zero-order chi connectivity index (χ0) is 43.5. The number of carboxylic acid groups (broad SMARTS) is 1. The van der Waals surface area contributed by atoms with Crippen LogP contribution in [-0.4, -0.2) is 108 Å². The van der Waals surface area contributed by atoms with Gasteiger partial charge in [-0.1, -0.05) is 89.4 Å². The lowest BCUT2D eigenvalue weighted by atomic mass is 9.92. The highest BCUT2D eigenvalue weighted by Gasteiger charge is 2.49. The summed E-state index contributed by atoms with van der Waals surface area (Å²) in [5, 5.41) is 12.3. The van der Waals surface area contributed by atoms with Crippen LogP contribution in [0.5, 0.6) is 11.8 Å². The minimum Gasteiger partial charge on any atom is -0.468 e. The van der Waals surface area contributed by atoms with E-state index in [4.69, 9.17) is 40.8 Å². The van der Waals surface area contributed by atoms with Gasteiger partial charge in [0.05, 0.1) is 33.6 Å². The number of fused-ring (bicyclic) bond motifs is 5. The molecule has 0 radical (unpaired) electrons. The first-order chi connectivity index (χ1) is 29.1. The Hall–Kier alpha value is -4.74. The molecule has 0 aliphatic carbocycles. The van der Waals surface area contributed by atoms with E-state index in [2.05, 4.69) is 71.1 Å². The Bertz CT molecular complexity index is 2450. The van der Waals surface area contributed by atoms with Crippen molar-refractivity contribution >= 4 is 53.3 Å². The number of rotatable bonds is 11. The number of aromatic nitrogens is 3. The van der Waals surface area contributed by atoms with Gasteiger partial charge in [-0.05, 0) is 65.9 Å². The molecule has 11 nitrogen and oxygen atoms in total. The van der Waals surface area contributed by atoms with Gasteiger partial charge in [0, 0.05) is 50.4 Å². The summed E-state index contributed by atoms with van der Waals surface area (Å²) in [6.07, 6.45) is 3.67. The first-order valence-corrected chi connectivity index (χ1v) is 23.9. The third-order valence-electron chi connectivity index (χ3n) is 13.7. The number of benzene rings is 2. The molecule has 2 aromatic carbocycles. The summed E-state index contributed by atoms with van der Waals surface area (Å²) in [5.41, 5.74) is 8.04. The van der Waals surface area contributed by atoms with Crippen molar-refractivity contribution in [2.24, 2.45) is 0 Å². The normalized spacial score (nSPS) is 20.1. The van der Waals surface area contributed by atoms with E-state index in [1.807, 2.05) is 23.1 Å². The van der Waals surface area contributed by atoms with Crippen LogP contribution in [0.2, 0.25) is 21.6 Å². The van der Waals surface area contributed by atoms with Gasteiger partial charge in [-0.25, -0.2) is 9.18 Å². The van der Waals surface area contributed by atoms with E-state index in [0.717, 1.165) is 55.3 Å². The van der Waals surface area contributed by atoms with Gasteiger partial charge < -0.3 is 24.2 Å². The highest BCUT2D eigenvalue weighted by molar-refractivity contribution is 6.90. The molecule has 4 aliphatic rings. The predicted molar refractivity (Wildman–Crippen MR) is 242 cm³/mol. The van der Waals surface area contributed by atoms with Crippen LogP contribution in [0.4, 0.5) is 15.0 Å². The summed E-state index contributed by atoms with van der Waals surface area (Å²) in [5.74, 6) is 3.82. The van der Waals surface area contributed by atoms with Crippen LogP contribution in [0.3, 0.4) is 0 Å². The number of nitrogens with zero attached hydrogens (tertiary/aromatic N) is 6. The molecule has 2 aromatic heterocycles. The van der Waals surface area contributed by atoms with Gasteiger partial charge in [-0.3, -0.25) is 14.8 Å². The van der Waals surface area contributed by atoms with Crippen LogP contribution in [0, 0.1) is 17.3 Å². The fraction of sp³-hybridized carbons (Fsp3) is 0.489. The van der Waals surface area contributed by atoms with Gasteiger partial charge in [0.15, 0.2) is 12.6 Å². The van der Waals surface area contributed by atoms with E-state index in [1.54, 1.807) is 24.3 Å². The number of anilines is 1. The molecule has 2 atom stereocenters. The van der Waals surface area contributed by atoms with E-state index in [9.17, 15) is 9.90 Å². The second kappa shape index (κ2) is 16.5. The maximum absolute atomic E-state index is 17.8. The summed E-state index contributed by atoms with van der Waals surface area (Å²) in [7, 11) is -0.664. The zero-order valence-corrected chi connectivity index (χ0v) is 38.0. The van der Waals surface area contributed by atoms with Crippen molar-refractivity contribution in [3.05, 3.63) is 71.2 Å². The summed E-state index contributed by atoms with van der Waals surface area (Å²) < 4.78 is 35.6. The Morgan fingerprint density at radius 1 is 1.02 bits per heavy atom. The number of carbonyl (C=O) groups is 1. The molecule has 1 amide bonds. The van der Waals surface area contributed by atoms with Crippen molar-refractivity contribution in [3.8, 4) is 34.5 Å². The van der Waals surface area contributed by atoms with Gasteiger partial charge >= 0.3 is 12.1 Å². The molecule has 8 rings (SSSR count). The lowest BCUT2D eigenvalue weighted by molar-refractivity contribution is 0.0512. The van der Waals surface area contributed by atoms with Crippen molar-refractivity contribution in [1.82, 2.24) is 24.8 Å². The third kappa shape index (κ3) is 7.53. The fourth-order valence-electron chi connectivity index (χ4n) is 11.1. The molecule has 4 aliphatic heterocycles. The number of ether oxygens (including phenoxy) is 3. The third-order valence-corrected chi connectivity index (χ3v) is 20.3. The van der Waals surface area contributed by atoms with Crippen LogP contribution >= 0.6 is 11.6 Å². The molecule has 6 heterocycles. The van der Waals surface area contributed by atoms with E-state index in [0.29, 0.717) is 68.2 Å². The Balaban J connectivity index is 1.31. The number of methoxy groups -OCH3 is 1. The average Bonchev–Trinajstić information content (AvgIpc) is 3.78. The number of piperazine rings is 1. The molecule has 14 heteroatoms. The van der Waals surface area contributed by atoms with Crippen LogP contribution in [0.1, 0.15) is 72.8 Å². The first-order valence-electron chi connectivity index (χ1n) is 21.3. The smallest absolute Gasteiger partial charge is 0.407 e. The minimum absolute atomic E-state index is 0.0157. The molecule has 2 bridgehead atoms. The fourth-order valence-corrected chi connectivity index (χ4v) is 16.5. The molecule has 61 heavy (non-hydrogen) atoms. The molecule has 4 aromatic rings. The topological polar surface area (TPSA) is 113 Å². The Labute approximate surface area is 363 Å². The monoisotopic (exact) mass is 866 g/mol. The molecular weight excluding hydrogens is 811 g/mol. The lowest BCUT2D eigenvalue weighted by Crippen LogP contribution is -2.55. The number of amides is 1. The van der Waals surface area contributed by atoms with Crippen molar-refractivity contribution < 1.29 is 28.5 Å². The Kier molecular flexibility index (Phi) is 11.6. The predicted octanol–water partition coefficient (Wildman–Crippen LogP) is 9.86. The van der Waals surface area contributed by atoms with Crippen LogP contribution in [0.25, 0.3) is 32.9 Å². The zero-order valence-electron chi connectivity index (χ0n) is 36.3. The number of halogens is 2. The quantitative estimate of drug-likeness (QED) is 0.0677. The van der Waals surface area contributed by atoms with Crippen molar-refractivity contribution in [3.63, 3.8) is 0 Å². The molecule has 0 spiro atoms. The minimum atomic E-state index is -2.21. The maximum atomic E-state index is 17.8. The summed E-state index contributed by atoms with van der Waals surface area (Å²) in [6.45, 7) is 24.7. The van der Waals surface area contributed by atoms with E-state index in [-0.39, 0.29) is 48.2 Å². The number of pyridine rings is 1. The van der Waals surface area contributed by atoms with Gasteiger partial charge in [-0.15, -0.1) is 5.54 Å². The standard InChI is InChI=1S/C47H56ClFN6O5Si/c1-27(2)61(28(3)4,29(5)6)15-14-36-39(48)13-10-32-16-35(60-26-58-9)17-37(40(32)36)42-41(49)43-38(20-50-42)44(53-23-33-11-12-34(24-53)55(33)46(56)57)52-45(51-43)59-25-47-18-30(7)21-54(47)22-31(8)19-47/h10,13,16-17,20,27-29,33-34H,7-8,11-12,18-19,21-26H2,1-6,9H3,(H,56,57)/t33-,34+.